The summed E-state index contributed by atoms with van der Waals surface area (Å²) >= 11 is 0.590. The molecule has 0 spiro atoms. The largest absolute Gasteiger partial charge is 0.466 e. The van der Waals surface area contributed by atoms with Gasteiger partial charge in [-0.1, -0.05) is 16.9 Å². The third-order valence-corrected chi connectivity index (χ3v) is 5.71. The Morgan fingerprint density at radius 1 is 1.15 bits per heavy atom. The second kappa shape index (κ2) is 9.61. The van der Waals surface area contributed by atoms with E-state index in [0.29, 0.717) is 11.8 Å². The number of hydrogen-bond acceptors (Lipinski definition) is 12. The molecule has 0 radical (unpaired) electrons. The van der Waals surface area contributed by atoms with E-state index in [1.807, 2.05) is 0 Å². The zero-order chi connectivity index (χ0) is 20.1. The maximum absolute atomic E-state index is 11.2. The van der Waals surface area contributed by atoms with Crippen LogP contribution in [0.3, 0.4) is 0 Å². The fourth-order valence-electron chi connectivity index (χ4n) is 2.00. The van der Waals surface area contributed by atoms with E-state index in [-0.39, 0.29) is 23.6 Å². The van der Waals surface area contributed by atoms with Crippen LogP contribution in [0, 0.1) is 0 Å². The lowest BCUT2D eigenvalue weighted by molar-refractivity contribution is -0.205. The normalized spacial score (nSPS) is 31.0. The van der Waals surface area contributed by atoms with Gasteiger partial charge in [-0.15, -0.1) is 0 Å². The van der Waals surface area contributed by atoms with Gasteiger partial charge in [0.1, 0.15) is 44.7 Å². The van der Waals surface area contributed by atoms with Crippen LogP contribution in [0.1, 0.15) is 12.8 Å². The summed E-state index contributed by atoms with van der Waals surface area (Å²) in [5, 5.41) is 41.6. The minimum absolute atomic E-state index is 0.0247. The fraction of sp³-hybridized carbons (Fsp3) is 0.909. The molecule has 0 amide bonds. The van der Waals surface area contributed by atoms with Crippen LogP contribution in [0.15, 0.2) is 5.16 Å². The van der Waals surface area contributed by atoms with E-state index in [9.17, 15) is 32.2 Å². The molecule has 0 aromatic heterocycles. The van der Waals surface area contributed by atoms with Crippen LogP contribution in [0.4, 0.5) is 0 Å². The minimum Gasteiger partial charge on any atom is -0.394 e. The summed E-state index contributed by atoms with van der Waals surface area (Å²) in [6.07, 6.45) is -5.12. The lowest BCUT2D eigenvalue weighted by Gasteiger charge is -2.39. The van der Waals surface area contributed by atoms with Crippen molar-refractivity contribution in [2.75, 3.05) is 18.6 Å². The van der Waals surface area contributed by atoms with E-state index in [1.54, 1.807) is 0 Å². The predicted octanol–water partition coefficient (Wildman–Crippen LogP) is -2.52. The average Bonchev–Trinajstić information content (AvgIpc) is 2.50. The second-order valence-electron chi connectivity index (χ2n) is 5.54. The number of oxime groups is 1. The van der Waals surface area contributed by atoms with Gasteiger partial charge in [-0.05, 0) is 6.42 Å². The SMILES string of the molecule is CS(=O)(=O)CCC/C(=N/OS(=O)(=O)O)S[C@H]1O[C@@H](CO)[C@@H](O)[C@@H](O)[C@H]1O. The highest BCUT2D eigenvalue weighted by atomic mass is 32.3. The highest BCUT2D eigenvalue weighted by molar-refractivity contribution is 8.14. The zero-order valence-electron chi connectivity index (χ0n) is 13.6. The van der Waals surface area contributed by atoms with Gasteiger partial charge in [0, 0.05) is 12.7 Å². The Morgan fingerprint density at radius 2 is 1.77 bits per heavy atom. The summed E-state index contributed by atoms with van der Waals surface area (Å²) in [6, 6.07) is 0. The van der Waals surface area contributed by atoms with Crippen molar-refractivity contribution in [1.29, 1.82) is 0 Å². The van der Waals surface area contributed by atoms with Crippen molar-refractivity contribution in [3.05, 3.63) is 0 Å². The van der Waals surface area contributed by atoms with Crippen molar-refractivity contribution in [2.24, 2.45) is 5.16 Å². The molecule has 0 aromatic carbocycles. The van der Waals surface area contributed by atoms with Crippen molar-refractivity contribution in [2.45, 2.75) is 42.7 Å². The van der Waals surface area contributed by atoms with E-state index in [4.69, 9.17) is 14.4 Å². The Morgan fingerprint density at radius 3 is 2.27 bits per heavy atom. The van der Waals surface area contributed by atoms with Gasteiger partial charge in [0.05, 0.1) is 12.4 Å². The summed E-state index contributed by atoms with van der Waals surface area (Å²) in [6.45, 7) is -0.663. The third kappa shape index (κ3) is 8.01. The molecular weight excluding hydrogens is 418 g/mol. The number of hydrogen-bond donors (Lipinski definition) is 5. The molecule has 1 aliphatic rings. The number of rotatable bonds is 8. The zero-order valence-corrected chi connectivity index (χ0v) is 16.0. The number of ether oxygens (including phenoxy) is 1. The third-order valence-electron chi connectivity index (χ3n) is 3.24. The Balaban J connectivity index is 2.88. The summed E-state index contributed by atoms with van der Waals surface area (Å²) in [5.74, 6) is -0.243. The monoisotopic (exact) mass is 439 g/mol. The average molecular weight is 439 g/mol. The smallest absolute Gasteiger partial charge is 0.394 e. The molecule has 1 saturated heterocycles. The molecule has 0 bridgehead atoms. The van der Waals surface area contributed by atoms with Crippen molar-refractivity contribution in [1.82, 2.24) is 0 Å². The van der Waals surface area contributed by atoms with Crippen molar-refractivity contribution in [3.8, 4) is 0 Å². The molecule has 5 atom stereocenters. The first-order chi connectivity index (χ1) is 11.8. The van der Waals surface area contributed by atoms with Crippen LogP contribution in [0.5, 0.6) is 0 Å². The van der Waals surface area contributed by atoms with Crippen molar-refractivity contribution in [3.63, 3.8) is 0 Å². The number of aliphatic hydroxyl groups excluding tert-OH is 4. The Kier molecular flexibility index (Phi) is 8.69. The first kappa shape index (κ1) is 23.5. The molecule has 0 unspecified atom stereocenters. The summed E-state index contributed by atoms with van der Waals surface area (Å²) in [4.78, 5) is 0. The highest BCUT2D eigenvalue weighted by Crippen LogP contribution is 2.30. The van der Waals surface area contributed by atoms with E-state index in [1.165, 1.54) is 0 Å². The van der Waals surface area contributed by atoms with E-state index >= 15 is 0 Å². The predicted molar refractivity (Wildman–Crippen MR) is 90.4 cm³/mol. The molecule has 154 valence electrons. The van der Waals surface area contributed by atoms with Gasteiger partial charge in [0.15, 0.2) is 0 Å². The van der Waals surface area contributed by atoms with Crippen molar-refractivity contribution < 1.29 is 50.8 Å². The lowest BCUT2D eigenvalue weighted by atomic mass is 10.0. The topological polar surface area (TPSA) is 200 Å². The van der Waals surface area contributed by atoms with E-state index in [0.717, 1.165) is 6.26 Å². The molecule has 1 heterocycles. The van der Waals surface area contributed by atoms with E-state index < -0.39 is 56.7 Å². The van der Waals surface area contributed by atoms with Crippen LogP contribution >= 0.6 is 11.8 Å². The fourth-order valence-corrected chi connectivity index (χ4v) is 4.01. The number of sulfone groups is 1. The van der Waals surface area contributed by atoms with Crippen LogP contribution in [-0.4, -0.2) is 95.3 Å². The molecule has 5 N–H and O–H groups in total. The van der Waals surface area contributed by atoms with Gasteiger partial charge in [0.25, 0.3) is 0 Å². The molecule has 1 fully saturated rings. The first-order valence-corrected chi connectivity index (χ1v) is 11.5. The molecule has 15 heteroatoms. The molecule has 0 saturated carbocycles. The van der Waals surface area contributed by atoms with Gasteiger partial charge in [0.2, 0.25) is 0 Å². The van der Waals surface area contributed by atoms with Crippen LogP contribution in [0.2, 0.25) is 0 Å². The Hall–Kier alpha value is -0.520. The van der Waals surface area contributed by atoms with Gasteiger partial charge in [-0.2, -0.15) is 8.42 Å². The molecule has 12 nitrogen and oxygen atoms in total. The Bertz CT molecular complexity index is 690. The highest BCUT2D eigenvalue weighted by Gasteiger charge is 2.44. The quantitative estimate of drug-likeness (QED) is 0.115. The number of nitrogens with zero attached hydrogens (tertiary/aromatic N) is 1. The number of aliphatic hydroxyl groups is 4. The molecular formula is C11H21NO11S3. The molecule has 26 heavy (non-hydrogen) atoms. The van der Waals surface area contributed by atoms with Crippen LogP contribution in [0.25, 0.3) is 0 Å². The molecule has 0 aromatic rings. The van der Waals surface area contributed by atoms with Crippen LogP contribution < -0.4 is 0 Å². The molecule has 1 aliphatic heterocycles. The van der Waals surface area contributed by atoms with E-state index in [2.05, 4.69) is 9.44 Å². The second-order valence-corrected chi connectivity index (χ2v) is 9.97. The maximum Gasteiger partial charge on any atom is 0.466 e. The molecule has 1 rings (SSSR count). The first-order valence-electron chi connectivity index (χ1n) is 7.22. The maximum atomic E-state index is 11.2. The molecule has 0 aliphatic carbocycles. The Labute approximate surface area is 154 Å². The standard InChI is InChI=1S/C11H21NO11S3/c1-25(17,18)4-2-3-7(12-23-26(19,20)21)24-11-10(16)9(15)8(14)6(5-13)22-11/h6,8-11,13-16H,2-5H2,1H3,(H,19,20,21)/b12-7-/t6-,8+,9+,10+,11+/m0/s1. The summed E-state index contributed by atoms with van der Waals surface area (Å²) in [7, 11) is -8.21. The summed E-state index contributed by atoms with van der Waals surface area (Å²) < 4.78 is 61.4. The van der Waals surface area contributed by atoms with Gasteiger partial charge in [-0.25, -0.2) is 12.7 Å². The van der Waals surface area contributed by atoms with Gasteiger partial charge < -0.3 is 25.2 Å². The van der Waals surface area contributed by atoms with Gasteiger partial charge >= 0.3 is 10.4 Å². The van der Waals surface area contributed by atoms with Crippen LogP contribution in [-0.2, 0) is 29.3 Å². The summed E-state index contributed by atoms with van der Waals surface area (Å²) in [5.41, 5.74) is -1.27. The van der Waals surface area contributed by atoms with Gasteiger partial charge in [-0.3, -0.25) is 4.55 Å². The lowest BCUT2D eigenvalue weighted by Crippen LogP contribution is -2.57. The number of thioether (sulfide) groups is 1. The van der Waals surface area contributed by atoms with Crippen molar-refractivity contribution >= 4 is 37.0 Å². The minimum atomic E-state index is -4.91.